The van der Waals surface area contributed by atoms with E-state index in [0.29, 0.717) is 21.7 Å². The zero-order valence-electron chi connectivity index (χ0n) is 20.8. The molecule has 0 aromatic heterocycles. The summed E-state index contributed by atoms with van der Waals surface area (Å²) in [4.78, 5) is 11.4. The van der Waals surface area contributed by atoms with Gasteiger partial charge in [-0.15, -0.1) is 0 Å². The molecule has 9 heteroatoms. The van der Waals surface area contributed by atoms with Crippen molar-refractivity contribution in [1.29, 1.82) is 5.41 Å². The van der Waals surface area contributed by atoms with E-state index in [4.69, 9.17) is 32.2 Å². The minimum Gasteiger partial charge on any atom is -0.512 e. The molecule has 1 fully saturated rings. The van der Waals surface area contributed by atoms with Gasteiger partial charge in [-0.25, -0.2) is 9.18 Å². The Bertz CT molecular complexity index is 1390. The molecule has 1 aliphatic carbocycles. The van der Waals surface area contributed by atoms with E-state index < -0.39 is 11.8 Å². The highest BCUT2D eigenvalue weighted by atomic mass is 35.5. The van der Waals surface area contributed by atoms with Crippen LogP contribution in [0.2, 0.25) is 5.02 Å². The SMILES string of the molecule is Cc1cccc(Cl)c1C(=N)/C(COC/C=C\C1=C(/N)C/C(F)=C\c2ccc(C(=O)O)cc2O1)=C(\O)C1CC1. The number of hydrogen-bond acceptors (Lipinski definition) is 6. The molecule has 5 N–H and O–H groups in total. The number of nitrogens with two attached hydrogens (primary N) is 1. The topological polar surface area (TPSA) is 126 Å². The van der Waals surface area contributed by atoms with Crippen molar-refractivity contribution in [1.82, 2.24) is 0 Å². The number of halogens is 2. The summed E-state index contributed by atoms with van der Waals surface area (Å²) in [6, 6.07) is 9.52. The molecule has 1 heterocycles. The first kappa shape index (κ1) is 27.2. The number of carbonyl (C=O) groups is 1. The number of benzene rings is 2. The van der Waals surface area contributed by atoms with Crippen molar-refractivity contribution in [2.24, 2.45) is 11.7 Å². The summed E-state index contributed by atoms with van der Waals surface area (Å²) < 4.78 is 26.0. The lowest BCUT2D eigenvalue weighted by atomic mass is 9.96. The van der Waals surface area contributed by atoms with Crippen molar-refractivity contribution in [3.05, 3.63) is 104 Å². The van der Waals surface area contributed by atoms with E-state index in [1.54, 1.807) is 18.2 Å². The third-order valence-corrected chi connectivity index (χ3v) is 6.56. The summed E-state index contributed by atoms with van der Waals surface area (Å²) >= 11 is 6.36. The van der Waals surface area contributed by atoms with Gasteiger partial charge in [0.2, 0.25) is 0 Å². The van der Waals surface area contributed by atoms with Crippen LogP contribution in [0.5, 0.6) is 5.75 Å². The van der Waals surface area contributed by atoms with E-state index in [1.807, 2.05) is 13.0 Å². The molecule has 0 bridgehead atoms. The average molecular weight is 539 g/mol. The molecule has 0 unspecified atom stereocenters. The van der Waals surface area contributed by atoms with Crippen molar-refractivity contribution in [3.63, 3.8) is 0 Å². The van der Waals surface area contributed by atoms with Gasteiger partial charge in [-0.1, -0.05) is 35.9 Å². The number of aryl methyl sites for hydroxylation is 1. The lowest BCUT2D eigenvalue weighted by molar-refractivity contribution is 0.0696. The number of fused-ring (bicyclic) bond motifs is 1. The number of aliphatic hydroxyl groups is 1. The Morgan fingerprint density at radius 2 is 2.05 bits per heavy atom. The maximum Gasteiger partial charge on any atom is 0.335 e. The maximum absolute atomic E-state index is 14.4. The molecule has 0 amide bonds. The molecule has 0 atom stereocenters. The van der Waals surface area contributed by atoms with Crippen molar-refractivity contribution in [2.75, 3.05) is 13.2 Å². The van der Waals surface area contributed by atoms with Gasteiger partial charge in [0.15, 0.2) is 0 Å². The minimum absolute atomic E-state index is 0.00522. The maximum atomic E-state index is 14.4. The van der Waals surface area contributed by atoms with Gasteiger partial charge in [-0.2, -0.15) is 0 Å². The van der Waals surface area contributed by atoms with Crippen molar-refractivity contribution >= 4 is 29.4 Å². The van der Waals surface area contributed by atoms with E-state index in [2.05, 4.69) is 0 Å². The fourth-order valence-electron chi connectivity index (χ4n) is 4.05. The minimum atomic E-state index is -1.14. The number of rotatable bonds is 9. The fraction of sp³-hybridized carbons (Fsp3) is 0.241. The molecule has 4 rings (SSSR count). The fourth-order valence-corrected chi connectivity index (χ4v) is 4.37. The number of allylic oxidation sites excluding steroid dienone is 3. The predicted octanol–water partition coefficient (Wildman–Crippen LogP) is 6.47. The molecule has 2 aromatic rings. The molecule has 0 spiro atoms. The second-order valence-electron chi connectivity index (χ2n) is 9.18. The van der Waals surface area contributed by atoms with Crippen LogP contribution in [0.25, 0.3) is 6.08 Å². The predicted molar refractivity (Wildman–Crippen MR) is 144 cm³/mol. The van der Waals surface area contributed by atoms with Crippen LogP contribution in [-0.2, 0) is 4.74 Å². The van der Waals surface area contributed by atoms with Crippen molar-refractivity contribution < 1.29 is 28.9 Å². The van der Waals surface area contributed by atoms with Crippen LogP contribution in [-0.4, -0.2) is 35.1 Å². The van der Waals surface area contributed by atoms with Crippen LogP contribution in [0.4, 0.5) is 4.39 Å². The van der Waals surface area contributed by atoms with Gasteiger partial charge in [-0.05, 0) is 55.7 Å². The van der Waals surface area contributed by atoms with Gasteiger partial charge in [0.05, 0.1) is 35.2 Å². The second-order valence-corrected chi connectivity index (χ2v) is 9.59. The number of aromatic carboxylic acids is 1. The second kappa shape index (κ2) is 11.7. The Hall–Kier alpha value is -3.88. The van der Waals surface area contributed by atoms with Crippen LogP contribution in [0, 0.1) is 18.3 Å². The summed E-state index contributed by atoms with van der Waals surface area (Å²) in [6.07, 6.45) is 5.93. The van der Waals surface area contributed by atoms with Crippen LogP contribution in [0.3, 0.4) is 0 Å². The van der Waals surface area contributed by atoms with Gasteiger partial charge in [0.25, 0.3) is 0 Å². The Kier molecular flexibility index (Phi) is 8.34. The van der Waals surface area contributed by atoms with Crippen LogP contribution >= 0.6 is 11.6 Å². The molecular weight excluding hydrogens is 511 g/mol. The quantitative estimate of drug-likeness (QED) is 0.165. The molecule has 2 aromatic carbocycles. The van der Waals surface area contributed by atoms with E-state index in [-0.39, 0.29) is 59.8 Å². The Balaban J connectivity index is 1.49. The lowest BCUT2D eigenvalue weighted by Gasteiger charge is -2.16. The molecule has 38 heavy (non-hydrogen) atoms. The van der Waals surface area contributed by atoms with Crippen molar-refractivity contribution in [3.8, 4) is 5.75 Å². The van der Waals surface area contributed by atoms with Gasteiger partial charge in [0, 0.05) is 29.0 Å². The van der Waals surface area contributed by atoms with Gasteiger partial charge in [0.1, 0.15) is 23.1 Å². The number of carboxylic acids is 1. The highest BCUT2D eigenvalue weighted by Crippen LogP contribution is 2.38. The van der Waals surface area contributed by atoms with E-state index >= 15 is 0 Å². The highest BCUT2D eigenvalue weighted by Gasteiger charge is 2.30. The number of aliphatic hydroxyl groups excluding tert-OH is 1. The molecule has 2 aliphatic rings. The molecule has 1 saturated carbocycles. The molecule has 0 saturated heterocycles. The zero-order chi connectivity index (χ0) is 27.4. The van der Waals surface area contributed by atoms with Crippen LogP contribution < -0.4 is 10.5 Å². The monoisotopic (exact) mass is 538 g/mol. The third-order valence-electron chi connectivity index (χ3n) is 6.25. The van der Waals surface area contributed by atoms with Crippen molar-refractivity contribution in [2.45, 2.75) is 26.2 Å². The lowest BCUT2D eigenvalue weighted by Crippen LogP contribution is -2.15. The summed E-state index contributed by atoms with van der Waals surface area (Å²) in [7, 11) is 0. The number of ether oxygens (including phenoxy) is 2. The van der Waals surface area contributed by atoms with Crippen LogP contribution in [0.1, 0.15) is 46.3 Å². The Labute approximate surface area is 224 Å². The number of hydrogen-bond donors (Lipinski definition) is 4. The number of nitrogens with one attached hydrogen (secondary N) is 1. The number of carboxylic acid groups (broad SMARTS) is 1. The summed E-state index contributed by atoms with van der Waals surface area (Å²) in [5.74, 6) is -1.15. The molecule has 0 radical (unpaired) electrons. The zero-order valence-corrected chi connectivity index (χ0v) is 21.5. The standard InChI is InChI=1S/C29H28ClFN2O5/c1-16-4-2-5-22(30)26(16)27(33)21(28(34)17-7-8-17)15-37-11-3-6-24-23(32)14-20(31)12-18-9-10-19(29(35)36)13-25(18)38-24/h2-6,9-10,12-13,17,33-34H,7-8,11,14-15,32H2,1H3,(H,35,36)/b6-3-,20-12+,24-23+,28-21-,33-27?. The third kappa shape index (κ3) is 6.33. The average Bonchev–Trinajstić information content (AvgIpc) is 3.70. The first-order chi connectivity index (χ1) is 18.2. The van der Waals surface area contributed by atoms with E-state index in [0.717, 1.165) is 18.4 Å². The summed E-state index contributed by atoms with van der Waals surface area (Å²) in [5.41, 5.74) is 8.42. The molecule has 198 valence electrons. The Morgan fingerprint density at radius 3 is 2.74 bits per heavy atom. The van der Waals surface area contributed by atoms with Crippen LogP contribution in [0.15, 0.2) is 77.2 Å². The molecule has 7 nitrogen and oxygen atoms in total. The highest BCUT2D eigenvalue weighted by molar-refractivity contribution is 6.35. The first-order valence-electron chi connectivity index (χ1n) is 12.1. The van der Waals surface area contributed by atoms with E-state index in [1.165, 1.54) is 30.4 Å². The first-order valence-corrected chi connectivity index (χ1v) is 12.4. The Morgan fingerprint density at radius 1 is 1.29 bits per heavy atom. The van der Waals surface area contributed by atoms with Gasteiger partial charge < -0.3 is 25.4 Å². The molecule has 1 aliphatic heterocycles. The largest absolute Gasteiger partial charge is 0.512 e. The summed E-state index contributed by atoms with van der Waals surface area (Å²) in [6.45, 7) is 1.91. The smallest absolute Gasteiger partial charge is 0.335 e. The summed E-state index contributed by atoms with van der Waals surface area (Å²) in [5, 5.41) is 29.2. The van der Waals surface area contributed by atoms with E-state index in [9.17, 15) is 19.4 Å². The van der Waals surface area contributed by atoms with Gasteiger partial charge in [-0.3, -0.25) is 5.41 Å². The normalized spacial score (nSPS) is 19.5. The van der Waals surface area contributed by atoms with Gasteiger partial charge >= 0.3 is 5.97 Å². The molecular formula is C29H28ClFN2O5.